The number of imide groups is 1. The maximum Gasteiger partial charge on any atom is 0.237 e. The molecule has 2 rings (SSSR count). The Labute approximate surface area is 133 Å². The van der Waals surface area contributed by atoms with Gasteiger partial charge in [-0.3, -0.25) is 14.9 Å². The molecule has 1 heterocycles. The molecule has 0 spiro atoms. The highest BCUT2D eigenvalue weighted by Gasteiger charge is 2.47. The highest BCUT2D eigenvalue weighted by atomic mass is 35.5. The van der Waals surface area contributed by atoms with Crippen molar-refractivity contribution in [2.75, 3.05) is 6.61 Å². The highest BCUT2D eigenvalue weighted by molar-refractivity contribution is 6.42. The minimum atomic E-state index is -0.930. The zero-order valence-corrected chi connectivity index (χ0v) is 13.4. The van der Waals surface area contributed by atoms with Crippen LogP contribution in [-0.4, -0.2) is 24.5 Å². The Kier molecular flexibility index (Phi) is 4.91. The molecule has 0 saturated carbocycles. The van der Waals surface area contributed by atoms with Crippen LogP contribution in [0.15, 0.2) is 18.2 Å². The number of hydrogen-bond acceptors (Lipinski definition) is 3. The lowest BCUT2D eigenvalue weighted by Gasteiger charge is -2.26. The number of rotatable bonds is 5. The summed E-state index contributed by atoms with van der Waals surface area (Å²) in [6, 6.07) is 5.03. The molecule has 1 aliphatic heterocycles. The highest BCUT2D eigenvalue weighted by Crippen LogP contribution is 2.38. The van der Waals surface area contributed by atoms with Gasteiger partial charge in [-0.05, 0) is 38.0 Å². The molecule has 6 heteroatoms. The Bertz CT molecular complexity index is 574. The number of carbonyl (C=O) groups is 2. The molecule has 4 nitrogen and oxygen atoms in total. The van der Waals surface area contributed by atoms with Crippen molar-refractivity contribution in [2.24, 2.45) is 0 Å². The van der Waals surface area contributed by atoms with Gasteiger partial charge < -0.3 is 4.74 Å². The Morgan fingerprint density at radius 3 is 2.52 bits per heavy atom. The normalized spacial score (nSPS) is 22.0. The van der Waals surface area contributed by atoms with E-state index in [1.54, 1.807) is 18.2 Å². The summed E-state index contributed by atoms with van der Waals surface area (Å²) in [5.41, 5.74) is -0.243. The molecular formula is C15H17Cl2NO3. The minimum Gasteiger partial charge on any atom is -0.379 e. The molecule has 1 saturated heterocycles. The van der Waals surface area contributed by atoms with Gasteiger partial charge in [0.25, 0.3) is 0 Å². The number of ether oxygens (including phenoxy) is 1. The molecule has 1 N–H and O–H groups in total. The molecule has 114 valence electrons. The predicted molar refractivity (Wildman–Crippen MR) is 81.6 cm³/mol. The number of halogens is 2. The first-order chi connectivity index (χ1) is 9.85. The van der Waals surface area contributed by atoms with E-state index >= 15 is 0 Å². The first-order valence-electron chi connectivity index (χ1n) is 6.76. The van der Waals surface area contributed by atoms with Gasteiger partial charge in [-0.15, -0.1) is 0 Å². The molecule has 1 aromatic carbocycles. The summed E-state index contributed by atoms with van der Waals surface area (Å²) in [4.78, 5) is 24.0. The lowest BCUT2D eigenvalue weighted by atomic mass is 9.76. The van der Waals surface area contributed by atoms with E-state index in [1.807, 2.05) is 13.8 Å². The van der Waals surface area contributed by atoms with Crippen molar-refractivity contribution in [3.8, 4) is 0 Å². The summed E-state index contributed by atoms with van der Waals surface area (Å²) >= 11 is 12.0. The molecule has 1 aliphatic rings. The van der Waals surface area contributed by atoms with Crippen molar-refractivity contribution >= 4 is 35.0 Å². The van der Waals surface area contributed by atoms with Crippen molar-refractivity contribution in [2.45, 2.75) is 38.2 Å². The van der Waals surface area contributed by atoms with E-state index in [0.29, 0.717) is 28.6 Å². The van der Waals surface area contributed by atoms with Crippen LogP contribution in [0.1, 0.15) is 32.3 Å². The lowest BCUT2D eigenvalue weighted by Crippen LogP contribution is -2.37. The summed E-state index contributed by atoms with van der Waals surface area (Å²) in [6.45, 7) is 4.23. The Morgan fingerprint density at radius 1 is 1.29 bits per heavy atom. The standard InChI is InChI=1S/C15H17Cl2NO3/c1-9(2)21-6-5-15(8-13(19)18-14(15)20)10-3-4-11(16)12(17)7-10/h3-4,7,9H,5-6,8H2,1-2H3,(H,18,19,20)/t15-/m0/s1. The SMILES string of the molecule is CC(C)OCC[C@@]1(c2ccc(Cl)c(Cl)c2)CC(=O)NC1=O. The fourth-order valence-corrected chi connectivity index (χ4v) is 2.78. The number of nitrogens with one attached hydrogen (secondary N) is 1. The van der Waals surface area contributed by atoms with Gasteiger partial charge in [0, 0.05) is 13.0 Å². The number of hydrogen-bond donors (Lipinski definition) is 1. The molecule has 0 bridgehead atoms. The molecule has 21 heavy (non-hydrogen) atoms. The van der Waals surface area contributed by atoms with E-state index in [4.69, 9.17) is 27.9 Å². The van der Waals surface area contributed by atoms with Gasteiger partial charge in [-0.25, -0.2) is 0 Å². The largest absolute Gasteiger partial charge is 0.379 e. The van der Waals surface area contributed by atoms with Crippen molar-refractivity contribution in [1.82, 2.24) is 5.32 Å². The van der Waals surface area contributed by atoms with E-state index in [0.717, 1.165) is 0 Å². The molecule has 0 radical (unpaired) electrons. The quantitative estimate of drug-likeness (QED) is 0.844. The number of carbonyl (C=O) groups excluding carboxylic acids is 2. The van der Waals surface area contributed by atoms with Gasteiger partial charge in [0.1, 0.15) is 0 Å². The Morgan fingerprint density at radius 2 is 2.00 bits per heavy atom. The molecule has 0 unspecified atom stereocenters. The average molecular weight is 330 g/mol. The van der Waals surface area contributed by atoms with E-state index in [9.17, 15) is 9.59 Å². The Balaban J connectivity index is 2.33. The van der Waals surface area contributed by atoms with E-state index < -0.39 is 5.41 Å². The zero-order chi connectivity index (χ0) is 15.6. The molecule has 2 amide bonds. The van der Waals surface area contributed by atoms with Crippen LogP contribution in [0, 0.1) is 0 Å². The monoisotopic (exact) mass is 329 g/mol. The van der Waals surface area contributed by atoms with Gasteiger partial charge in [0.2, 0.25) is 11.8 Å². The second kappa shape index (κ2) is 6.34. The van der Waals surface area contributed by atoms with E-state index in [2.05, 4.69) is 5.32 Å². The summed E-state index contributed by atoms with van der Waals surface area (Å²) in [5.74, 6) is -0.589. The summed E-state index contributed by atoms with van der Waals surface area (Å²) in [6.07, 6.45) is 0.586. The molecule has 1 aromatic rings. The summed E-state index contributed by atoms with van der Waals surface area (Å²) in [5, 5.41) is 3.15. The van der Waals surface area contributed by atoms with E-state index in [-0.39, 0.29) is 24.3 Å². The zero-order valence-electron chi connectivity index (χ0n) is 11.9. The first-order valence-corrected chi connectivity index (χ1v) is 7.52. The minimum absolute atomic E-state index is 0.0658. The van der Waals surface area contributed by atoms with Gasteiger partial charge in [0.15, 0.2) is 0 Å². The third-order valence-corrected chi connectivity index (χ3v) is 4.34. The van der Waals surface area contributed by atoms with Crippen LogP contribution in [0.3, 0.4) is 0 Å². The van der Waals surface area contributed by atoms with Crippen molar-refractivity contribution < 1.29 is 14.3 Å². The van der Waals surface area contributed by atoms with Crippen molar-refractivity contribution in [1.29, 1.82) is 0 Å². The van der Waals surface area contributed by atoms with Crippen LogP contribution in [0.5, 0.6) is 0 Å². The number of amides is 2. The molecular weight excluding hydrogens is 313 g/mol. The van der Waals surface area contributed by atoms with Crippen LogP contribution < -0.4 is 5.32 Å². The third-order valence-electron chi connectivity index (χ3n) is 3.60. The molecule has 1 fully saturated rings. The van der Waals surface area contributed by atoms with Gasteiger partial charge in [-0.1, -0.05) is 29.3 Å². The molecule has 1 atom stereocenters. The lowest BCUT2D eigenvalue weighted by molar-refractivity contribution is -0.126. The average Bonchev–Trinajstić information content (AvgIpc) is 2.68. The summed E-state index contributed by atoms with van der Waals surface area (Å²) in [7, 11) is 0. The number of benzene rings is 1. The summed E-state index contributed by atoms with van der Waals surface area (Å²) < 4.78 is 5.54. The molecule has 0 aliphatic carbocycles. The molecule has 0 aromatic heterocycles. The Hall–Kier alpha value is -1.10. The second-order valence-corrected chi connectivity index (χ2v) is 6.25. The van der Waals surface area contributed by atoms with Crippen LogP contribution in [0.2, 0.25) is 10.0 Å². The van der Waals surface area contributed by atoms with Crippen molar-refractivity contribution in [3.05, 3.63) is 33.8 Å². The maximum absolute atomic E-state index is 12.3. The van der Waals surface area contributed by atoms with Crippen molar-refractivity contribution in [3.63, 3.8) is 0 Å². The fourth-order valence-electron chi connectivity index (χ4n) is 2.49. The third kappa shape index (κ3) is 3.39. The maximum atomic E-state index is 12.3. The first kappa shape index (κ1) is 16.3. The predicted octanol–water partition coefficient (Wildman–Crippen LogP) is 3.09. The van der Waals surface area contributed by atoms with Crippen LogP contribution >= 0.6 is 23.2 Å². The van der Waals surface area contributed by atoms with Crippen LogP contribution in [0.4, 0.5) is 0 Å². The smallest absolute Gasteiger partial charge is 0.237 e. The van der Waals surface area contributed by atoms with E-state index in [1.165, 1.54) is 0 Å². The van der Waals surface area contributed by atoms with Gasteiger partial charge in [-0.2, -0.15) is 0 Å². The van der Waals surface area contributed by atoms with Crippen LogP contribution in [0.25, 0.3) is 0 Å². The second-order valence-electron chi connectivity index (χ2n) is 5.43. The van der Waals surface area contributed by atoms with Gasteiger partial charge >= 0.3 is 0 Å². The topological polar surface area (TPSA) is 55.4 Å². The van der Waals surface area contributed by atoms with Gasteiger partial charge in [0.05, 0.1) is 21.6 Å². The fraction of sp³-hybridized carbons (Fsp3) is 0.467. The van der Waals surface area contributed by atoms with Crippen LogP contribution in [-0.2, 0) is 19.7 Å².